The lowest BCUT2D eigenvalue weighted by atomic mass is 9.97. The van der Waals surface area contributed by atoms with E-state index in [0.29, 0.717) is 12.1 Å². The fraction of sp³-hybridized carbons (Fsp3) is 0.600. The first-order chi connectivity index (χ1) is 8.78. The van der Waals surface area contributed by atoms with Gasteiger partial charge in [-0.2, -0.15) is 0 Å². The van der Waals surface area contributed by atoms with E-state index in [1.54, 1.807) is 0 Å². The van der Waals surface area contributed by atoms with Crippen molar-refractivity contribution in [1.82, 2.24) is 5.43 Å². The molecule has 1 saturated heterocycles. The van der Waals surface area contributed by atoms with Crippen LogP contribution < -0.4 is 11.3 Å². The highest BCUT2D eigenvalue weighted by Crippen LogP contribution is 2.18. The molecule has 2 unspecified atom stereocenters. The van der Waals surface area contributed by atoms with E-state index in [1.165, 1.54) is 30.4 Å². The predicted molar refractivity (Wildman–Crippen MR) is 74.2 cm³/mol. The van der Waals surface area contributed by atoms with Crippen molar-refractivity contribution in [1.29, 1.82) is 0 Å². The molecule has 1 heterocycles. The molecule has 100 valence electrons. The first kappa shape index (κ1) is 13.5. The molecule has 0 aromatic heterocycles. The summed E-state index contributed by atoms with van der Waals surface area (Å²) in [6.45, 7) is 3.03. The van der Waals surface area contributed by atoms with Crippen LogP contribution in [0.2, 0.25) is 0 Å². The minimum Gasteiger partial charge on any atom is -0.378 e. The van der Waals surface area contributed by atoms with E-state index < -0.39 is 0 Å². The molecule has 0 bridgehead atoms. The van der Waals surface area contributed by atoms with Crippen LogP contribution in [0.5, 0.6) is 0 Å². The molecule has 3 heteroatoms. The number of rotatable bonds is 5. The smallest absolute Gasteiger partial charge is 0.0590 e. The third-order valence-corrected chi connectivity index (χ3v) is 3.62. The normalized spacial score (nSPS) is 21.8. The van der Waals surface area contributed by atoms with E-state index in [1.807, 2.05) is 0 Å². The Kier molecular flexibility index (Phi) is 5.17. The van der Waals surface area contributed by atoms with Crippen LogP contribution in [-0.4, -0.2) is 18.8 Å². The number of hydrogen-bond donors (Lipinski definition) is 2. The van der Waals surface area contributed by atoms with Gasteiger partial charge in [0.25, 0.3) is 0 Å². The lowest BCUT2D eigenvalue weighted by Crippen LogP contribution is -2.40. The molecule has 2 atom stereocenters. The molecule has 0 amide bonds. The van der Waals surface area contributed by atoms with E-state index in [-0.39, 0.29) is 0 Å². The molecule has 1 aromatic rings. The van der Waals surface area contributed by atoms with Gasteiger partial charge in [-0.05, 0) is 44.6 Å². The maximum Gasteiger partial charge on any atom is 0.0590 e. The first-order valence-electron chi connectivity index (χ1n) is 6.91. The van der Waals surface area contributed by atoms with Gasteiger partial charge in [0.15, 0.2) is 0 Å². The minimum atomic E-state index is 0.301. The summed E-state index contributed by atoms with van der Waals surface area (Å²) in [6, 6.07) is 8.92. The fourth-order valence-electron chi connectivity index (χ4n) is 2.64. The maximum absolute atomic E-state index is 5.78. The van der Waals surface area contributed by atoms with E-state index in [2.05, 4.69) is 36.6 Å². The molecule has 0 radical (unpaired) electrons. The molecule has 3 nitrogen and oxygen atoms in total. The summed E-state index contributed by atoms with van der Waals surface area (Å²) in [7, 11) is 0. The van der Waals surface area contributed by atoms with Crippen LogP contribution in [-0.2, 0) is 11.2 Å². The third kappa shape index (κ3) is 4.09. The van der Waals surface area contributed by atoms with Gasteiger partial charge >= 0.3 is 0 Å². The zero-order chi connectivity index (χ0) is 12.8. The summed E-state index contributed by atoms with van der Waals surface area (Å²) in [5, 5.41) is 0. The predicted octanol–water partition coefficient (Wildman–Crippen LogP) is 2.33. The van der Waals surface area contributed by atoms with Crippen molar-refractivity contribution in [2.45, 2.75) is 51.2 Å². The van der Waals surface area contributed by atoms with Crippen molar-refractivity contribution in [2.75, 3.05) is 6.61 Å². The number of ether oxygens (including phenoxy) is 1. The summed E-state index contributed by atoms with van der Waals surface area (Å²) in [5.41, 5.74) is 5.58. The second-order valence-corrected chi connectivity index (χ2v) is 5.28. The molecule has 1 fully saturated rings. The number of benzene rings is 1. The summed E-state index contributed by atoms with van der Waals surface area (Å²) < 4.78 is 5.78. The molecular weight excluding hydrogens is 224 g/mol. The van der Waals surface area contributed by atoms with Crippen LogP contribution in [0.25, 0.3) is 0 Å². The maximum atomic E-state index is 5.78. The van der Waals surface area contributed by atoms with E-state index in [9.17, 15) is 0 Å². The quantitative estimate of drug-likeness (QED) is 0.621. The number of hydrazine groups is 1. The largest absolute Gasteiger partial charge is 0.378 e. The molecule has 2 rings (SSSR count). The molecule has 1 aliphatic rings. The lowest BCUT2D eigenvalue weighted by Gasteiger charge is -2.26. The van der Waals surface area contributed by atoms with Crippen LogP contribution >= 0.6 is 0 Å². The molecule has 0 spiro atoms. The van der Waals surface area contributed by atoms with Crippen molar-refractivity contribution in [3.8, 4) is 0 Å². The molecule has 1 aliphatic heterocycles. The van der Waals surface area contributed by atoms with Gasteiger partial charge in [-0.3, -0.25) is 11.3 Å². The minimum absolute atomic E-state index is 0.301. The first-order valence-corrected chi connectivity index (χ1v) is 6.91. The molecule has 3 N–H and O–H groups in total. The van der Waals surface area contributed by atoms with Gasteiger partial charge in [0.2, 0.25) is 0 Å². The summed E-state index contributed by atoms with van der Waals surface area (Å²) >= 11 is 0. The highest BCUT2D eigenvalue weighted by atomic mass is 16.5. The number of hydrogen-bond acceptors (Lipinski definition) is 3. The molecule has 1 aromatic carbocycles. The second kappa shape index (κ2) is 6.88. The Morgan fingerprint density at radius 1 is 1.44 bits per heavy atom. The number of nitrogens with one attached hydrogen (secondary N) is 1. The van der Waals surface area contributed by atoms with Crippen molar-refractivity contribution >= 4 is 0 Å². The van der Waals surface area contributed by atoms with Gasteiger partial charge in [0.1, 0.15) is 0 Å². The lowest BCUT2D eigenvalue weighted by molar-refractivity contribution is 0.00524. The monoisotopic (exact) mass is 248 g/mol. The van der Waals surface area contributed by atoms with Crippen LogP contribution in [0, 0.1) is 6.92 Å². The van der Waals surface area contributed by atoms with Gasteiger partial charge in [-0.1, -0.05) is 29.8 Å². The Morgan fingerprint density at radius 3 is 3.00 bits per heavy atom. The van der Waals surface area contributed by atoms with Gasteiger partial charge in [0.05, 0.1) is 6.10 Å². The van der Waals surface area contributed by atoms with E-state index in [4.69, 9.17) is 10.6 Å². The van der Waals surface area contributed by atoms with Crippen LogP contribution in [0.15, 0.2) is 24.3 Å². The Bertz CT molecular complexity index is 361. The summed E-state index contributed by atoms with van der Waals surface area (Å²) in [6.07, 6.45) is 6.01. The SMILES string of the molecule is Cc1cccc(CC(CC2CCCCO2)NN)c1. The Labute approximate surface area is 110 Å². The average Bonchev–Trinajstić information content (AvgIpc) is 2.39. The standard InChI is InChI=1S/C15H24N2O/c1-12-5-4-6-13(9-12)10-14(17-16)11-15-7-2-3-8-18-15/h4-6,9,14-15,17H,2-3,7-8,10-11,16H2,1H3. The van der Waals surface area contributed by atoms with Gasteiger partial charge in [0, 0.05) is 12.6 Å². The highest BCUT2D eigenvalue weighted by molar-refractivity contribution is 5.23. The molecular formula is C15H24N2O. The van der Waals surface area contributed by atoms with Crippen LogP contribution in [0.4, 0.5) is 0 Å². The van der Waals surface area contributed by atoms with Gasteiger partial charge < -0.3 is 4.74 Å². The zero-order valence-corrected chi connectivity index (χ0v) is 11.2. The van der Waals surface area contributed by atoms with E-state index >= 15 is 0 Å². The fourth-order valence-corrected chi connectivity index (χ4v) is 2.64. The topological polar surface area (TPSA) is 47.3 Å². The Morgan fingerprint density at radius 2 is 2.33 bits per heavy atom. The summed E-state index contributed by atoms with van der Waals surface area (Å²) in [5.74, 6) is 5.67. The van der Waals surface area contributed by atoms with Gasteiger partial charge in [-0.15, -0.1) is 0 Å². The third-order valence-electron chi connectivity index (χ3n) is 3.62. The second-order valence-electron chi connectivity index (χ2n) is 5.28. The van der Waals surface area contributed by atoms with Gasteiger partial charge in [-0.25, -0.2) is 0 Å². The Balaban J connectivity index is 1.88. The zero-order valence-electron chi connectivity index (χ0n) is 11.2. The van der Waals surface area contributed by atoms with Crippen LogP contribution in [0.3, 0.4) is 0 Å². The summed E-state index contributed by atoms with van der Waals surface area (Å²) in [4.78, 5) is 0. The van der Waals surface area contributed by atoms with Crippen molar-refractivity contribution in [3.05, 3.63) is 35.4 Å². The highest BCUT2D eigenvalue weighted by Gasteiger charge is 2.19. The Hall–Kier alpha value is -0.900. The molecule has 0 saturated carbocycles. The van der Waals surface area contributed by atoms with Crippen molar-refractivity contribution in [3.63, 3.8) is 0 Å². The van der Waals surface area contributed by atoms with Crippen molar-refractivity contribution in [2.24, 2.45) is 5.84 Å². The molecule has 18 heavy (non-hydrogen) atoms. The molecule has 0 aliphatic carbocycles. The number of nitrogens with two attached hydrogens (primary N) is 1. The van der Waals surface area contributed by atoms with E-state index in [0.717, 1.165) is 19.4 Å². The average molecular weight is 248 g/mol. The van der Waals surface area contributed by atoms with Crippen molar-refractivity contribution < 1.29 is 4.74 Å². The number of aryl methyl sites for hydroxylation is 1. The van der Waals surface area contributed by atoms with Crippen LogP contribution in [0.1, 0.15) is 36.8 Å².